The quantitative estimate of drug-likeness (QED) is 0.287. The third kappa shape index (κ3) is 12.9. The molecule has 0 saturated heterocycles. The van der Waals surface area contributed by atoms with Gasteiger partial charge in [0.1, 0.15) is 0 Å². The summed E-state index contributed by atoms with van der Waals surface area (Å²) in [5, 5.41) is 3.49. The van der Waals surface area contributed by atoms with Gasteiger partial charge in [-0.1, -0.05) is 51.9 Å². The van der Waals surface area contributed by atoms with Crippen LogP contribution < -0.4 is 5.32 Å². The first-order valence-corrected chi connectivity index (χ1v) is 9.87. The van der Waals surface area contributed by atoms with Crippen molar-refractivity contribution in [3.63, 3.8) is 0 Å². The maximum atomic E-state index is 5.72. The predicted octanol–water partition coefficient (Wildman–Crippen LogP) is 4.87. The maximum Gasteiger partial charge on any atom is 0.284 e. The van der Waals surface area contributed by atoms with Crippen LogP contribution in [0.2, 0.25) is 0 Å². The fourth-order valence-corrected chi connectivity index (χ4v) is 2.75. The zero-order chi connectivity index (χ0) is 17.2. The Bertz CT molecular complexity index is 220. The van der Waals surface area contributed by atoms with Crippen LogP contribution in [0.25, 0.3) is 0 Å². The molecule has 0 amide bonds. The Kier molecular flexibility index (Phi) is 16.6. The Balaban J connectivity index is 3.65. The molecule has 140 valence electrons. The molecule has 0 fully saturated rings. The van der Waals surface area contributed by atoms with Gasteiger partial charge < -0.3 is 19.5 Å². The summed E-state index contributed by atoms with van der Waals surface area (Å²) in [6.07, 6.45) is 11.6. The van der Waals surface area contributed by atoms with Crippen LogP contribution in [0.1, 0.15) is 85.5 Å². The summed E-state index contributed by atoms with van der Waals surface area (Å²) in [4.78, 5) is 0. The lowest BCUT2D eigenvalue weighted by molar-refractivity contribution is -0.378. The molecular weight excluding hydrogens is 290 g/mol. The first kappa shape index (κ1) is 22.8. The van der Waals surface area contributed by atoms with Gasteiger partial charge in [-0.15, -0.1) is 0 Å². The Hall–Kier alpha value is -0.160. The molecule has 0 heterocycles. The van der Waals surface area contributed by atoms with Crippen LogP contribution in [0.15, 0.2) is 0 Å². The summed E-state index contributed by atoms with van der Waals surface area (Å²) < 4.78 is 17.2. The van der Waals surface area contributed by atoms with Crippen molar-refractivity contribution in [3.8, 4) is 0 Å². The van der Waals surface area contributed by atoms with Gasteiger partial charge in [0.2, 0.25) is 0 Å². The third-order valence-corrected chi connectivity index (χ3v) is 3.91. The van der Waals surface area contributed by atoms with Crippen LogP contribution >= 0.6 is 0 Å². The highest BCUT2D eigenvalue weighted by Gasteiger charge is 2.31. The number of hydrogen-bond donors (Lipinski definition) is 1. The van der Waals surface area contributed by atoms with Crippen LogP contribution in [0.4, 0.5) is 0 Å². The molecule has 0 saturated carbocycles. The smallest absolute Gasteiger partial charge is 0.284 e. The zero-order valence-electron chi connectivity index (χ0n) is 16.1. The molecule has 0 rings (SSSR count). The van der Waals surface area contributed by atoms with Gasteiger partial charge in [0.25, 0.3) is 5.97 Å². The number of nitrogens with one attached hydrogen (secondary N) is 1. The minimum Gasteiger partial charge on any atom is -0.328 e. The summed E-state index contributed by atoms with van der Waals surface area (Å²) in [6.45, 7) is 11.9. The lowest BCUT2D eigenvalue weighted by atomic mass is 10.1. The highest BCUT2D eigenvalue weighted by atomic mass is 16.9. The summed E-state index contributed by atoms with van der Waals surface area (Å²) in [5.41, 5.74) is 0. The number of unbranched alkanes of at least 4 members (excludes halogenated alkanes) is 7. The van der Waals surface area contributed by atoms with Crippen molar-refractivity contribution in [2.24, 2.45) is 0 Å². The average Bonchev–Trinajstić information content (AvgIpc) is 2.53. The van der Waals surface area contributed by atoms with Gasteiger partial charge in [0, 0.05) is 32.8 Å². The highest BCUT2D eigenvalue weighted by molar-refractivity contribution is 4.61. The number of hydrogen-bond acceptors (Lipinski definition) is 4. The summed E-state index contributed by atoms with van der Waals surface area (Å²) in [5.74, 6) is -0.871. The van der Waals surface area contributed by atoms with E-state index in [1.165, 1.54) is 51.4 Å². The molecular formula is C19H41NO3. The standard InChI is InChI=1S/C19H41NO3/c1-5-9-10-11-12-13-14-15-17-20-18-16-19(21-6-2,22-7-3)23-8-4/h20H,5-18H2,1-4H3. The second kappa shape index (κ2) is 16.7. The van der Waals surface area contributed by atoms with Gasteiger partial charge in [0.15, 0.2) is 0 Å². The number of rotatable bonds is 18. The normalized spacial score (nSPS) is 12.0. The minimum atomic E-state index is -0.871. The van der Waals surface area contributed by atoms with E-state index in [1.54, 1.807) is 0 Å². The molecule has 4 nitrogen and oxygen atoms in total. The van der Waals surface area contributed by atoms with Gasteiger partial charge in [0.05, 0.1) is 0 Å². The van der Waals surface area contributed by atoms with E-state index in [0.717, 1.165) is 19.5 Å². The summed E-state index contributed by atoms with van der Waals surface area (Å²) in [6, 6.07) is 0. The summed E-state index contributed by atoms with van der Waals surface area (Å²) in [7, 11) is 0. The molecule has 0 aliphatic rings. The van der Waals surface area contributed by atoms with E-state index in [4.69, 9.17) is 14.2 Å². The summed E-state index contributed by atoms with van der Waals surface area (Å²) >= 11 is 0. The van der Waals surface area contributed by atoms with Crippen molar-refractivity contribution in [2.45, 2.75) is 91.5 Å². The highest BCUT2D eigenvalue weighted by Crippen LogP contribution is 2.19. The fraction of sp³-hybridized carbons (Fsp3) is 1.00. The van der Waals surface area contributed by atoms with Gasteiger partial charge in [-0.25, -0.2) is 0 Å². The Morgan fingerprint density at radius 2 is 1.09 bits per heavy atom. The van der Waals surface area contributed by atoms with Gasteiger partial charge in [-0.05, 0) is 33.7 Å². The van der Waals surface area contributed by atoms with Crippen molar-refractivity contribution in [2.75, 3.05) is 32.9 Å². The van der Waals surface area contributed by atoms with Gasteiger partial charge in [-0.3, -0.25) is 0 Å². The second-order valence-electron chi connectivity index (χ2n) is 5.96. The van der Waals surface area contributed by atoms with E-state index < -0.39 is 5.97 Å². The predicted molar refractivity (Wildman–Crippen MR) is 97.7 cm³/mol. The molecule has 0 aromatic carbocycles. The third-order valence-electron chi connectivity index (χ3n) is 3.91. The Morgan fingerprint density at radius 3 is 1.57 bits per heavy atom. The SMILES string of the molecule is CCCCCCCCCCNCCC(OCC)(OCC)OCC. The molecule has 0 spiro atoms. The van der Waals surface area contributed by atoms with Gasteiger partial charge in [-0.2, -0.15) is 0 Å². The first-order valence-electron chi connectivity index (χ1n) is 9.87. The Morgan fingerprint density at radius 1 is 0.609 bits per heavy atom. The molecule has 0 bridgehead atoms. The van der Waals surface area contributed by atoms with Gasteiger partial charge >= 0.3 is 0 Å². The lowest BCUT2D eigenvalue weighted by Crippen LogP contribution is -2.42. The van der Waals surface area contributed by atoms with Crippen molar-refractivity contribution in [1.29, 1.82) is 0 Å². The van der Waals surface area contributed by atoms with Crippen molar-refractivity contribution in [1.82, 2.24) is 5.32 Å². The lowest BCUT2D eigenvalue weighted by Gasteiger charge is -2.32. The maximum absolute atomic E-state index is 5.72. The first-order chi connectivity index (χ1) is 11.2. The molecule has 0 aliphatic heterocycles. The molecule has 4 heteroatoms. The monoisotopic (exact) mass is 331 g/mol. The topological polar surface area (TPSA) is 39.7 Å². The van der Waals surface area contributed by atoms with Crippen molar-refractivity contribution >= 4 is 0 Å². The average molecular weight is 332 g/mol. The van der Waals surface area contributed by atoms with E-state index in [-0.39, 0.29) is 0 Å². The largest absolute Gasteiger partial charge is 0.328 e. The van der Waals surface area contributed by atoms with E-state index in [0.29, 0.717) is 19.8 Å². The van der Waals surface area contributed by atoms with E-state index in [2.05, 4.69) is 12.2 Å². The Labute approximate surface area is 144 Å². The van der Waals surface area contributed by atoms with Crippen LogP contribution in [0, 0.1) is 0 Å². The fourth-order valence-electron chi connectivity index (χ4n) is 2.75. The molecule has 0 unspecified atom stereocenters. The van der Waals surface area contributed by atoms with E-state index in [1.807, 2.05) is 20.8 Å². The van der Waals surface area contributed by atoms with Crippen LogP contribution in [-0.4, -0.2) is 38.9 Å². The molecule has 0 aliphatic carbocycles. The number of ether oxygens (including phenoxy) is 3. The minimum absolute atomic E-state index is 0.595. The molecule has 0 radical (unpaired) electrons. The van der Waals surface area contributed by atoms with Crippen molar-refractivity contribution in [3.05, 3.63) is 0 Å². The molecule has 0 atom stereocenters. The van der Waals surface area contributed by atoms with E-state index >= 15 is 0 Å². The molecule has 0 aromatic heterocycles. The van der Waals surface area contributed by atoms with Crippen LogP contribution in [-0.2, 0) is 14.2 Å². The zero-order valence-corrected chi connectivity index (χ0v) is 16.1. The van der Waals surface area contributed by atoms with Crippen molar-refractivity contribution < 1.29 is 14.2 Å². The van der Waals surface area contributed by atoms with Crippen LogP contribution in [0.3, 0.4) is 0 Å². The van der Waals surface area contributed by atoms with E-state index in [9.17, 15) is 0 Å². The molecule has 1 N–H and O–H groups in total. The molecule has 0 aromatic rings. The van der Waals surface area contributed by atoms with Crippen LogP contribution in [0.5, 0.6) is 0 Å². The second-order valence-corrected chi connectivity index (χ2v) is 5.96. The molecule has 23 heavy (non-hydrogen) atoms.